The fraction of sp³-hybridized carbons (Fsp3) is 0.222. The van der Waals surface area contributed by atoms with Crippen LogP contribution in [0.1, 0.15) is 46.7 Å². The topological polar surface area (TPSA) is 105 Å². The largest absolute Gasteiger partial charge is 0.478 e. The number of hydrogen-bond donors (Lipinski definition) is 3. The summed E-state index contributed by atoms with van der Waals surface area (Å²) >= 11 is 6.01. The highest BCUT2D eigenvalue weighted by molar-refractivity contribution is 6.34. The Morgan fingerprint density at radius 1 is 0.943 bits per heavy atom. The number of halogens is 1. The quantitative estimate of drug-likeness (QED) is 0.427. The van der Waals surface area contributed by atoms with Crippen molar-refractivity contribution >= 4 is 35.3 Å². The van der Waals surface area contributed by atoms with Crippen molar-refractivity contribution in [2.75, 3.05) is 11.9 Å². The third-order valence-corrected chi connectivity index (χ3v) is 7.12. The number of alkyl carbamates (subject to hydrolysis) is 1. The maximum absolute atomic E-state index is 13.1. The van der Waals surface area contributed by atoms with Crippen LogP contribution >= 0.6 is 11.6 Å². The molecule has 8 heteroatoms. The second kappa shape index (κ2) is 9.07. The third kappa shape index (κ3) is 4.12. The summed E-state index contributed by atoms with van der Waals surface area (Å²) in [5.74, 6) is -1.84. The van der Waals surface area contributed by atoms with Crippen LogP contribution in [-0.4, -0.2) is 35.2 Å². The van der Waals surface area contributed by atoms with Crippen LogP contribution in [0.2, 0.25) is 5.02 Å². The van der Waals surface area contributed by atoms with Crippen LogP contribution in [0.3, 0.4) is 0 Å². The predicted molar refractivity (Wildman–Crippen MR) is 132 cm³/mol. The molecule has 178 valence electrons. The molecule has 2 aliphatic rings. The molecule has 35 heavy (non-hydrogen) atoms. The Morgan fingerprint density at radius 2 is 1.57 bits per heavy atom. The molecule has 0 saturated heterocycles. The average Bonchev–Trinajstić information content (AvgIpc) is 3.13. The van der Waals surface area contributed by atoms with Gasteiger partial charge >= 0.3 is 12.1 Å². The molecule has 7 nitrogen and oxygen atoms in total. The Hall–Kier alpha value is -3.84. The highest BCUT2D eigenvalue weighted by Gasteiger charge is 2.46. The number of carbonyl (C=O) groups is 3. The van der Waals surface area contributed by atoms with Gasteiger partial charge in [0, 0.05) is 5.92 Å². The summed E-state index contributed by atoms with van der Waals surface area (Å²) < 4.78 is 5.61. The van der Waals surface area contributed by atoms with Crippen LogP contribution in [-0.2, 0) is 9.53 Å². The van der Waals surface area contributed by atoms with E-state index in [0.717, 1.165) is 28.7 Å². The fourth-order valence-corrected chi connectivity index (χ4v) is 5.11. The van der Waals surface area contributed by atoms with E-state index >= 15 is 0 Å². The summed E-state index contributed by atoms with van der Waals surface area (Å²) in [6.07, 6.45) is 0.905. The molecule has 3 aromatic carbocycles. The number of carboxylic acid groups (broad SMARTS) is 1. The summed E-state index contributed by atoms with van der Waals surface area (Å²) in [6.45, 7) is 0.134. The highest BCUT2D eigenvalue weighted by Crippen LogP contribution is 2.44. The van der Waals surface area contributed by atoms with Gasteiger partial charge in [-0.15, -0.1) is 0 Å². The molecule has 3 aromatic rings. The minimum atomic E-state index is -1.25. The number of carbonyl (C=O) groups excluding carboxylic acids is 2. The molecule has 0 atom stereocenters. The normalized spacial score (nSPS) is 15.3. The lowest BCUT2D eigenvalue weighted by molar-refractivity contribution is -0.125. The van der Waals surface area contributed by atoms with Gasteiger partial charge in [0.2, 0.25) is 5.91 Å². The molecule has 0 bridgehead atoms. The van der Waals surface area contributed by atoms with Crippen molar-refractivity contribution in [2.45, 2.75) is 30.7 Å². The lowest BCUT2D eigenvalue weighted by Crippen LogP contribution is -2.61. The van der Waals surface area contributed by atoms with Gasteiger partial charge in [0.15, 0.2) is 0 Å². The van der Waals surface area contributed by atoms with Gasteiger partial charge in [-0.05, 0) is 53.6 Å². The first kappa shape index (κ1) is 22.9. The van der Waals surface area contributed by atoms with E-state index < -0.39 is 23.5 Å². The van der Waals surface area contributed by atoms with Crippen LogP contribution in [0.4, 0.5) is 10.5 Å². The second-order valence-corrected chi connectivity index (χ2v) is 9.22. The van der Waals surface area contributed by atoms with E-state index in [4.69, 9.17) is 16.3 Å². The number of amides is 2. The Bertz CT molecular complexity index is 1290. The van der Waals surface area contributed by atoms with E-state index in [1.807, 2.05) is 36.4 Å². The summed E-state index contributed by atoms with van der Waals surface area (Å²) in [5, 5.41) is 14.8. The molecule has 0 heterocycles. The van der Waals surface area contributed by atoms with Crippen LogP contribution in [0.15, 0.2) is 66.7 Å². The number of rotatable bonds is 6. The Balaban J connectivity index is 1.28. The van der Waals surface area contributed by atoms with Crippen molar-refractivity contribution in [1.29, 1.82) is 0 Å². The zero-order valence-electron chi connectivity index (χ0n) is 18.7. The van der Waals surface area contributed by atoms with Crippen LogP contribution in [0, 0.1) is 0 Å². The molecule has 3 N–H and O–H groups in total. The van der Waals surface area contributed by atoms with E-state index in [9.17, 15) is 19.5 Å². The van der Waals surface area contributed by atoms with Crippen molar-refractivity contribution in [3.05, 3.63) is 88.4 Å². The SMILES string of the molecule is O=C(NC1(C(=O)Nc2cccc(Cl)c2C(=O)O)CCC1)OCC1c2ccccc2-c2ccccc21. The molecule has 0 aromatic heterocycles. The number of benzene rings is 3. The zero-order valence-corrected chi connectivity index (χ0v) is 19.5. The number of fused-ring (bicyclic) bond motifs is 3. The van der Waals surface area contributed by atoms with E-state index in [1.54, 1.807) is 6.07 Å². The van der Waals surface area contributed by atoms with E-state index in [2.05, 4.69) is 22.8 Å². The molecule has 5 rings (SSSR count). The number of hydrogen-bond acceptors (Lipinski definition) is 4. The lowest BCUT2D eigenvalue weighted by atomic mass is 9.76. The van der Waals surface area contributed by atoms with Gasteiger partial charge in [-0.1, -0.05) is 66.2 Å². The van der Waals surface area contributed by atoms with Crippen molar-refractivity contribution in [1.82, 2.24) is 5.32 Å². The average molecular weight is 491 g/mol. The molecule has 2 aliphatic carbocycles. The van der Waals surface area contributed by atoms with Gasteiger partial charge in [0.25, 0.3) is 0 Å². The van der Waals surface area contributed by atoms with Crippen LogP contribution in [0.5, 0.6) is 0 Å². The maximum Gasteiger partial charge on any atom is 0.408 e. The zero-order chi connectivity index (χ0) is 24.6. The second-order valence-electron chi connectivity index (χ2n) is 8.81. The first-order valence-electron chi connectivity index (χ1n) is 11.4. The molecule has 1 saturated carbocycles. The first-order valence-corrected chi connectivity index (χ1v) is 11.7. The van der Waals surface area contributed by atoms with Crippen LogP contribution < -0.4 is 10.6 Å². The molecule has 0 spiro atoms. The number of carboxylic acids is 1. The molecule has 1 fully saturated rings. The van der Waals surface area contributed by atoms with Gasteiger partial charge in [-0.3, -0.25) is 4.79 Å². The van der Waals surface area contributed by atoms with Gasteiger partial charge in [-0.2, -0.15) is 0 Å². The predicted octanol–water partition coefficient (Wildman–Crippen LogP) is 5.44. The van der Waals surface area contributed by atoms with Gasteiger partial charge < -0.3 is 20.5 Å². The summed E-state index contributed by atoms with van der Waals surface area (Å²) in [7, 11) is 0. The maximum atomic E-state index is 13.1. The van der Waals surface area contributed by atoms with E-state index in [0.29, 0.717) is 12.8 Å². The number of aromatic carboxylic acids is 1. The third-order valence-electron chi connectivity index (χ3n) is 6.80. The molecule has 0 radical (unpaired) electrons. The van der Waals surface area contributed by atoms with E-state index in [1.165, 1.54) is 12.1 Å². The fourth-order valence-electron chi connectivity index (χ4n) is 4.86. The van der Waals surface area contributed by atoms with Gasteiger partial charge in [-0.25, -0.2) is 9.59 Å². The summed E-state index contributed by atoms with van der Waals surface area (Å²) in [5.41, 5.74) is 3.17. The first-order chi connectivity index (χ1) is 16.9. The Morgan fingerprint density at radius 3 is 2.14 bits per heavy atom. The van der Waals surface area contributed by atoms with Crippen molar-refractivity contribution in [3.63, 3.8) is 0 Å². The van der Waals surface area contributed by atoms with Gasteiger partial charge in [0.1, 0.15) is 17.7 Å². The monoisotopic (exact) mass is 490 g/mol. The minimum absolute atomic E-state index is 0.0162. The summed E-state index contributed by atoms with van der Waals surface area (Å²) in [6, 6.07) is 20.5. The molecule has 0 unspecified atom stereocenters. The number of ether oxygens (including phenoxy) is 1. The minimum Gasteiger partial charge on any atom is -0.478 e. The van der Waals surface area contributed by atoms with Crippen molar-refractivity contribution in [2.24, 2.45) is 0 Å². The molecular formula is C27H23ClN2O5. The number of nitrogens with one attached hydrogen (secondary N) is 2. The standard InChI is InChI=1S/C27H23ClN2O5/c28-21-11-5-12-22(23(21)24(31)32)29-25(33)27(13-6-14-27)30-26(34)35-15-20-18-9-3-1-7-16(18)17-8-2-4-10-19(17)20/h1-5,7-12,20H,6,13-15H2,(H,29,33)(H,30,34)(H,31,32). The van der Waals surface area contributed by atoms with Crippen molar-refractivity contribution in [3.8, 4) is 11.1 Å². The molecule has 0 aliphatic heterocycles. The number of anilines is 1. The van der Waals surface area contributed by atoms with Crippen LogP contribution in [0.25, 0.3) is 11.1 Å². The molecular weight excluding hydrogens is 468 g/mol. The lowest BCUT2D eigenvalue weighted by Gasteiger charge is -2.40. The van der Waals surface area contributed by atoms with E-state index in [-0.39, 0.29) is 28.8 Å². The van der Waals surface area contributed by atoms with Crippen molar-refractivity contribution < 1.29 is 24.2 Å². The Labute approximate surface area is 207 Å². The Kier molecular flexibility index (Phi) is 5.94. The van der Waals surface area contributed by atoms with Gasteiger partial charge in [0.05, 0.1) is 10.7 Å². The molecule has 2 amide bonds. The smallest absolute Gasteiger partial charge is 0.408 e. The summed E-state index contributed by atoms with van der Waals surface area (Å²) in [4.78, 5) is 37.5. The highest BCUT2D eigenvalue weighted by atomic mass is 35.5.